The fraction of sp³-hybridized carbons (Fsp3) is 0.200. The van der Waals surface area contributed by atoms with Crippen LogP contribution in [0.1, 0.15) is 25.8 Å². The highest BCUT2D eigenvalue weighted by atomic mass is 14.0. The third kappa shape index (κ3) is 1.94. The second-order valence-corrected chi connectivity index (χ2v) is 3.73. The molecule has 0 nitrogen and oxygen atoms in total. The molecule has 0 fully saturated rings. The number of hydrogen-bond donors (Lipinski definition) is 0. The molecular weight excluding hydrogens is 180 g/mol. The first-order valence-corrected chi connectivity index (χ1v) is 5.49. The molecule has 0 saturated carbocycles. The van der Waals surface area contributed by atoms with E-state index in [1.165, 1.54) is 21.9 Å². The molecule has 0 heterocycles. The van der Waals surface area contributed by atoms with Crippen LogP contribution in [0.2, 0.25) is 0 Å². The highest BCUT2D eigenvalue weighted by Gasteiger charge is 1.99. The lowest BCUT2D eigenvalue weighted by Crippen LogP contribution is -1.82. The number of allylic oxidation sites excluding steroid dienone is 2. The molecule has 0 aromatic heterocycles. The molecule has 2 rings (SSSR count). The molecular formula is C15H16. The van der Waals surface area contributed by atoms with Gasteiger partial charge in [-0.1, -0.05) is 49.4 Å². The van der Waals surface area contributed by atoms with Crippen molar-refractivity contribution in [2.24, 2.45) is 0 Å². The summed E-state index contributed by atoms with van der Waals surface area (Å²) in [6, 6.07) is 15.2. The van der Waals surface area contributed by atoms with Gasteiger partial charge >= 0.3 is 0 Å². The standard InChI is InChI=1S/C15H16/c1-3-12(4-2)15-10-9-13-7-5-6-8-14(13)11-15/h3,5-11H,4H2,1-2H3/b12-3-. The van der Waals surface area contributed by atoms with Gasteiger partial charge in [0.25, 0.3) is 0 Å². The zero-order valence-electron chi connectivity index (χ0n) is 9.33. The van der Waals surface area contributed by atoms with Crippen LogP contribution in [0.5, 0.6) is 0 Å². The Morgan fingerprint density at radius 1 is 1.07 bits per heavy atom. The van der Waals surface area contributed by atoms with Crippen molar-refractivity contribution in [3.8, 4) is 0 Å². The Morgan fingerprint density at radius 2 is 1.80 bits per heavy atom. The summed E-state index contributed by atoms with van der Waals surface area (Å²) in [6.45, 7) is 4.30. The van der Waals surface area contributed by atoms with E-state index in [0.29, 0.717) is 0 Å². The van der Waals surface area contributed by atoms with Crippen molar-refractivity contribution in [3.63, 3.8) is 0 Å². The van der Waals surface area contributed by atoms with E-state index in [4.69, 9.17) is 0 Å². The van der Waals surface area contributed by atoms with Crippen LogP contribution >= 0.6 is 0 Å². The first-order valence-electron chi connectivity index (χ1n) is 5.49. The summed E-state index contributed by atoms with van der Waals surface area (Å²) < 4.78 is 0. The molecule has 0 bridgehead atoms. The quantitative estimate of drug-likeness (QED) is 0.655. The SMILES string of the molecule is C/C=C(/CC)c1ccc2ccccc2c1. The van der Waals surface area contributed by atoms with Crippen molar-refractivity contribution < 1.29 is 0 Å². The summed E-state index contributed by atoms with van der Waals surface area (Å²) >= 11 is 0. The molecule has 0 heteroatoms. The molecule has 0 aliphatic rings. The van der Waals surface area contributed by atoms with E-state index >= 15 is 0 Å². The van der Waals surface area contributed by atoms with Gasteiger partial charge in [-0.2, -0.15) is 0 Å². The number of benzene rings is 2. The third-order valence-corrected chi connectivity index (χ3v) is 2.85. The summed E-state index contributed by atoms with van der Waals surface area (Å²) in [5.41, 5.74) is 2.76. The molecule has 0 N–H and O–H groups in total. The summed E-state index contributed by atoms with van der Waals surface area (Å²) in [5, 5.41) is 2.63. The van der Waals surface area contributed by atoms with Crippen LogP contribution in [-0.2, 0) is 0 Å². The van der Waals surface area contributed by atoms with E-state index in [1.807, 2.05) is 0 Å². The molecule has 0 atom stereocenters. The van der Waals surface area contributed by atoms with E-state index in [0.717, 1.165) is 6.42 Å². The molecule has 15 heavy (non-hydrogen) atoms. The Hall–Kier alpha value is -1.56. The van der Waals surface area contributed by atoms with Crippen molar-refractivity contribution in [1.82, 2.24) is 0 Å². The van der Waals surface area contributed by atoms with E-state index in [-0.39, 0.29) is 0 Å². The molecule has 0 aliphatic carbocycles. The summed E-state index contributed by atoms with van der Waals surface area (Å²) in [6.07, 6.45) is 3.29. The Balaban J connectivity index is 2.56. The minimum absolute atomic E-state index is 1.09. The van der Waals surface area contributed by atoms with Gasteiger partial charge in [-0.3, -0.25) is 0 Å². The van der Waals surface area contributed by atoms with Crippen molar-refractivity contribution >= 4 is 16.3 Å². The molecule has 0 amide bonds. The highest BCUT2D eigenvalue weighted by Crippen LogP contribution is 2.22. The van der Waals surface area contributed by atoms with E-state index in [2.05, 4.69) is 62.4 Å². The Kier molecular flexibility index (Phi) is 2.86. The lowest BCUT2D eigenvalue weighted by molar-refractivity contribution is 1.23. The minimum Gasteiger partial charge on any atom is -0.0839 e. The van der Waals surface area contributed by atoms with Crippen LogP contribution < -0.4 is 0 Å². The van der Waals surface area contributed by atoms with Crippen LogP contribution in [0.15, 0.2) is 48.5 Å². The lowest BCUT2D eigenvalue weighted by atomic mass is 10.00. The maximum atomic E-state index is 2.27. The number of rotatable bonds is 2. The van der Waals surface area contributed by atoms with Crippen molar-refractivity contribution in [1.29, 1.82) is 0 Å². The molecule has 2 aromatic carbocycles. The first-order chi connectivity index (χ1) is 7.35. The van der Waals surface area contributed by atoms with Gasteiger partial charge in [-0.05, 0) is 41.3 Å². The van der Waals surface area contributed by atoms with Gasteiger partial charge in [0.2, 0.25) is 0 Å². The van der Waals surface area contributed by atoms with Gasteiger partial charge < -0.3 is 0 Å². The van der Waals surface area contributed by atoms with Crippen LogP contribution in [0.25, 0.3) is 16.3 Å². The van der Waals surface area contributed by atoms with Crippen molar-refractivity contribution in [3.05, 3.63) is 54.1 Å². The van der Waals surface area contributed by atoms with Crippen LogP contribution in [0.4, 0.5) is 0 Å². The van der Waals surface area contributed by atoms with E-state index in [9.17, 15) is 0 Å². The number of hydrogen-bond acceptors (Lipinski definition) is 0. The Labute approximate surface area is 91.2 Å². The molecule has 76 valence electrons. The van der Waals surface area contributed by atoms with Crippen LogP contribution in [-0.4, -0.2) is 0 Å². The van der Waals surface area contributed by atoms with Gasteiger partial charge in [0.1, 0.15) is 0 Å². The maximum Gasteiger partial charge on any atom is -0.0178 e. The van der Waals surface area contributed by atoms with E-state index in [1.54, 1.807) is 0 Å². The lowest BCUT2D eigenvalue weighted by Gasteiger charge is -2.05. The normalized spacial score (nSPS) is 12.0. The second-order valence-electron chi connectivity index (χ2n) is 3.73. The summed E-state index contributed by atoms with van der Waals surface area (Å²) in [4.78, 5) is 0. The average molecular weight is 196 g/mol. The van der Waals surface area contributed by atoms with Gasteiger partial charge in [-0.25, -0.2) is 0 Å². The topological polar surface area (TPSA) is 0 Å². The minimum atomic E-state index is 1.09. The molecule has 0 radical (unpaired) electrons. The predicted molar refractivity (Wildman–Crippen MR) is 67.9 cm³/mol. The summed E-state index contributed by atoms with van der Waals surface area (Å²) in [5.74, 6) is 0. The molecule has 0 unspecified atom stereocenters. The molecule has 2 aromatic rings. The Morgan fingerprint density at radius 3 is 2.47 bits per heavy atom. The zero-order chi connectivity index (χ0) is 10.7. The van der Waals surface area contributed by atoms with E-state index < -0.39 is 0 Å². The largest absolute Gasteiger partial charge is 0.0839 e. The van der Waals surface area contributed by atoms with Crippen LogP contribution in [0.3, 0.4) is 0 Å². The Bertz CT molecular complexity index is 492. The molecule has 0 saturated heterocycles. The molecule has 0 spiro atoms. The first kappa shape index (κ1) is 9.97. The monoisotopic (exact) mass is 196 g/mol. The predicted octanol–water partition coefficient (Wildman–Crippen LogP) is 4.65. The smallest absolute Gasteiger partial charge is 0.0178 e. The maximum absolute atomic E-state index is 2.27. The fourth-order valence-corrected chi connectivity index (χ4v) is 1.96. The van der Waals surface area contributed by atoms with Gasteiger partial charge in [0.15, 0.2) is 0 Å². The van der Waals surface area contributed by atoms with Gasteiger partial charge in [0, 0.05) is 0 Å². The van der Waals surface area contributed by atoms with Crippen molar-refractivity contribution in [2.75, 3.05) is 0 Å². The molecule has 0 aliphatic heterocycles. The highest BCUT2D eigenvalue weighted by molar-refractivity contribution is 5.86. The number of fused-ring (bicyclic) bond motifs is 1. The summed E-state index contributed by atoms with van der Waals surface area (Å²) in [7, 11) is 0. The van der Waals surface area contributed by atoms with Crippen molar-refractivity contribution in [2.45, 2.75) is 20.3 Å². The average Bonchev–Trinajstić information content (AvgIpc) is 2.30. The van der Waals surface area contributed by atoms with Gasteiger partial charge in [0.05, 0.1) is 0 Å². The van der Waals surface area contributed by atoms with Crippen LogP contribution in [0, 0.1) is 0 Å². The fourth-order valence-electron chi connectivity index (χ4n) is 1.96. The zero-order valence-corrected chi connectivity index (χ0v) is 9.33. The second kappa shape index (κ2) is 4.31. The third-order valence-electron chi connectivity index (χ3n) is 2.85. The van der Waals surface area contributed by atoms with Gasteiger partial charge in [-0.15, -0.1) is 0 Å².